The quantitative estimate of drug-likeness (QED) is 0.473. The third kappa shape index (κ3) is 0.775. The second-order valence-electron chi connectivity index (χ2n) is 2.70. The number of hydrogen-bond donors (Lipinski definition) is 0. The summed E-state index contributed by atoms with van der Waals surface area (Å²) in [5.74, 6) is -0.847. The van der Waals surface area contributed by atoms with Crippen LogP contribution in [-0.4, -0.2) is 42.2 Å². The van der Waals surface area contributed by atoms with E-state index in [0.29, 0.717) is 0 Å². The van der Waals surface area contributed by atoms with E-state index in [9.17, 15) is 9.59 Å². The summed E-state index contributed by atoms with van der Waals surface area (Å²) in [6.07, 6.45) is 1.46. The lowest BCUT2D eigenvalue weighted by Crippen LogP contribution is -2.45. The first-order valence-corrected chi connectivity index (χ1v) is 3.45. The van der Waals surface area contributed by atoms with E-state index in [1.165, 1.54) is 6.34 Å². The van der Waals surface area contributed by atoms with Gasteiger partial charge in [-0.25, -0.2) is 0 Å². The third-order valence-corrected chi connectivity index (χ3v) is 1.90. The molecule has 0 saturated carbocycles. The lowest BCUT2D eigenvalue weighted by Gasteiger charge is -2.20. The predicted octanol–water partition coefficient (Wildman–Crippen LogP) is -0.784. The zero-order valence-corrected chi connectivity index (χ0v) is 6.34. The minimum atomic E-state index is -0.667. The van der Waals surface area contributed by atoms with E-state index < -0.39 is 23.9 Å². The van der Waals surface area contributed by atoms with Gasteiger partial charge in [-0.3, -0.25) is 14.6 Å². The van der Waals surface area contributed by atoms with Crippen molar-refractivity contribution < 1.29 is 9.59 Å². The lowest BCUT2D eigenvalue weighted by molar-refractivity contribution is -0.130. The summed E-state index contributed by atoms with van der Waals surface area (Å²) in [4.78, 5) is 27.5. The van der Waals surface area contributed by atoms with Crippen molar-refractivity contribution in [2.75, 3.05) is 7.05 Å². The van der Waals surface area contributed by atoms with E-state index in [4.69, 9.17) is 0 Å². The number of carbonyl (C=O) groups is 2. The van der Waals surface area contributed by atoms with Gasteiger partial charge in [0, 0.05) is 7.05 Å². The first kappa shape index (κ1) is 7.08. The van der Waals surface area contributed by atoms with Gasteiger partial charge in [0.25, 0.3) is 11.8 Å². The molecule has 2 heterocycles. The summed E-state index contributed by atoms with van der Waals surface area (Å²) in [7, 11) is 1.68. The molecule has 0 aromatic heterocycles. The molecule has 2 unspecified atom stereocenters. The zero-order chi connectivity index (χ0) is 8.72. The van der Waals surface area contributed by atoms with Gasteiger partial charge in [0.1, 0.15) is 6.04 Å². The van der Waals surface area contributed by atoms with Crippen LogP contribution in [0, 0.1) is 0 Å². The smallest absolute Gasteiger partial charge is 0.291 e. The van der Waals surface area contributed by atoms with E-state index in [-0.39, 0.29) is 0 Å². The second-order valence-corrected chi connectivity index (χ2v) is 2.70. The molecule has 0 aliphatic carbocycles. The van der Waals surface area contributed by atoms with Gasteiger partial charge in [0.15, 0.2) is 6.04 Å². The lowest BCUT2D eigenvalue weighted by atomic mass is 10.1. The molecule has 12 heavy (non-hydrogen) atoms. The first-order valence-electron chi connectivity index (χ1n) is 3.45. The fourth-order valence-electron chi connectivity index (χ4n) is 1.28. The van der Waals surface area contributed by atoms with Gasteiger partial charge < -0.3 is 4.90 Å². The van der Waals surface area contributed by atoms with Crippen LogP contribution in [0.3, 0.4) is 0 Å². The number of hydrogen-bond acceptors (Lipinski definition) is 4. The maximum atomic E-state index is 11.1. The Morgan fingerprint density at radius 3 is 2.67 bits per heavy atom. The van der Waals surface area contributed by atoms with Crippen molar-refractivity contribution in [2.45, 2.75) is 12.1 Å². The van der Waals surface area contributed by atoms with E-state index >= 15 is 0 Å². The molecule has 2 aliphatic heterocycles. The molecule has 0 aromatic carbocycles. The number of carbonyl (C=O) groups excluding carboxylic acids is 2. The first-order chi connectivity index (χ1) is 5.70. The number of likely N-dealkylation sites (N-methyl/N-ethyl adjacent to an activating group) is 1. The van der Waals surface area contributed by atoms with Crippen LogP contribution in [0.1, 0.15) is 0 Å². The van der Waals surface area contributed by atoms with Crippen LogP contribution in [0.5, 0.6) is 0 Å². The number of aliphatic imine (C=N–C) groups is 1. The highest BCUT2D eigenvalue weighted by atomic mass is 16.2. The van der Waals surface area contributed by atoms with Crippen LogP contribution < -0.4 is 0 Å². The van der Waals surface area contributed by atoms with Gasteiger partial charge in [-0.1, -0.05) is 0 Å². The second kappa shape index (κ2) is 2.20. The predicted molar refractivity (Wildman–Crippen MR) is 38.7 cm³/mol. The van der Waals surface area contributed by atoms with Gasteiger partial charge in [-0.15, -0.1) is 10.2 Å². The summed E-state index contributed by atoms with van der Waals surface area (Å²) < 4.78 is 0. The Kier molecular flexibility index (Phi) is 1.30. The summed E-state index contributed by atoms with van der Waals surface area (Å²) in [6, 6.07) is -1.23. The van der Waals surface area contributed by atoms with Gasteiger partial charge in [0.2, 0.25) is 0 Å². The van der Waals surface area contributed by atoms with Crippen molar-refractivity contribution in [1.82, 2.24) is 4.90 Å². The summed E-state index contributed by atoms with van der Waals surface area (Å²) in [5.41, 5.74) is 0. The Balaban J connectivity index is 2.39. The van der Waals surface area contributed by atoms with Crippen LogP contribution >= 0.6 is 0 Å². The molecule has 0 saturated heterocycles. The Labute approximate surface area is 68.0 Å². The van der Waals surface area contributed by atoms with Crippen LogP contribution in [0.25, 0.3) is 0 Å². The molecule has 2 amide bonds. The maximum absolute atomic E-state index is 11.1. The molecule has 0 fully saturated rings. The van der Waals surface area contributed by atoms with Crippen molar-refractivity contribution in [3.63, 3.8) is 0 Å². The van der Waals surface area contributed by atoms with Crippen molar-refractivity contribution in [1.29, 1.82) is 0 Å². The molecule has 62 valence electrons. The van der Waals surface area contributed by atoms with Gasteiger partial charge in [0.05, 0.1) is 6.34 Å². The number of azo groups is 1. The molecule has 2 rings (SSSR count). The summed E-state index contributed by atoms with van der Waals surface area (Å²) in [6.45, 7) is 0. The monoisotopic (exact) mass is 166 g/mol. The van der Waals surface area contributed by atoms with Crippen molar-refractivity contribution >= 4 is 18.2 Å². The highest BCUT2D eigenvalue weighted by Crippen LogP contribution is 2.18. The van der Waals surface area contributed by atoms with E-state index in [1.807, 2.05) is 0 Å². The zero-order valence-electron chi connectivity index (χ0n) is 6.34. The maximum Gasteiger partial charge on any atom is 0.291 e. The molecule has 0 aromatic rings. The average Bonchev–Trinajstić information content (AvgIpc) is 2.42. The van der Waals surface area contributed by atoms with Crippen molar-refractivity contribution in [3.05, 3.63) is 0 Å². The standard InChI is InChI=1S/C6H6N4O2/c1-10-2-7-3-4(10)6(12)9-8-5(3)11/h2-4H,1H3. The summed E-state index contributed by atoms with van der Waals surface area (Å²) >= 11 is 0. The topological polar surface area (TPSA) is 74.5 Å². The molecule has 0 N–H and O–H groups in total. The number of nitrogens with zero attached hydrogens (tertiary/aromatic N) is 4. The molecular weight excluding hydrogens is 160 g/mol. The Morgan fingerprint density at radius 2 is 2.00 bits per heavy atom. The molecule has 0 spiro atoms. The molecular formula is C6H6N4O2. The van der Waals surface area contributed by atoms with Gasteiger partial charge >= 0.3 is 0 Å². The van der Waals surface area contributed by atoms with Gasteiger partial charge in [-0.2, -0.15) is 0 Å². The fraction of sp³-hybridized carbons (Fsp3) is 0.500. The number of rotatable bonds is 0. The summed E-state index contributed by atoms with van der Waals surface area (Å²) in [5, 5.41) is 6.40. The van der Waals surface area contributed by atoms with Crippen LogP contribution in [0.2, 0.25) is 0 Å². The Morgan fingerprint density at radius 1 is 1.33 bits per heavy atom. The van der Waals surface area contributed by atoms with Gasteiger partial charge in [-0.05, 0) is 0 Å². The van der Waals surface area contributed by atoms with Crippen LogP contribution in [0.4, 0.5) is 0 Å². The molecule has 6 heteroatoms. The third-order valence-electron chi connectivity index (χ3n) is 1.90. The van der Waals surface area contributed by atoms with E-state index in [2.05, 4.69) is 15.2 Å². The molecule has 0 radical (unpaired) electrons. The number of amides is 2. The van der Waals surface area contributed by atoms with Crippen LogP contribution in [-0.2, 0) is 9.59 Å². The normalized spacial score (nSPS) is 32.9. The minimum absolute atomic E-state index is 0.403. The molecule has 2 atom stereocenters. The van der Waals surface area contributed by atoms with Crippen molar-refractivity contribution in [2.24, 2.45) is 15.2 Å². The molecule has 0 bridgehead atoms. The fourth-order valence-corrected chi connectivity index (χ4v) is 1.28. The molecule has 6 nitrogen and oxygen atoms in total. The van der Waals surface area contributed by atoms with Crippen molar-refractivity contribution in [3.8, 4) is 0 Å². The van der Waals surface area contributed by atoms with Crippen LogP contribution in [0.15, 0.2) is 15.2 Å². The van der Waals surface area contributed by atoms with E-state index in [0.717, 1.165) is 0 Å². The Bertz CT molecular complexity index is 309. The number of fused-ring (bicyclic) bond motifs is 1. The highest BCUT2D eigenvalue weighted by Gasteiger charge is 2.42. The minimum Gasteiger partial charge on any atom is -0.352 e. The highest BCUT2D eigenvalue weighted by molar-refractivity contribution is 6.00. The average molecular weight is 166 g/mol. The SMILES string of the molecule is CN1C=NC2C(=O)N=NC(=O)C21. The van der Waals surface area contributed by atoms with E-state index in [1.54, 1.807) is 11.9 Å². The Hall–Kier alpha value is -1.59. The molecule has 2 aliphatic rings. The largest absolute Gasteiger partial charge is 0.352 e.